The van der Waals surface area contributed by atoms with Gasteiger partial charge in [0, 0.05) is 6.42 Å². The molecule has 3 rings (SSSR count). The van der Waals surface area contributed by atoms with E-state index in [1.54, 1.807) is 0 Å². The van der Waals surface area contributed by atoms with E-state index in [1.165, 1.54) is 11.1 Å². The van der Waals surface area contributed by atoms with Crippen LogP contribution in [-0.4, -0.2) is 5.11 Å². The van der Waals surface area contributed by atoms with Crippen LogP contribution < -0.4 is 5.63 Å². The number of aromatic hydroxyl groups is 1. The highest BCUT2D eigenvalue weighted by Crippen LogP contribution is 2.31. The Morgan fingerprint density at radius 3 is 1.89 bits per heavy atom. The van der Waals surface area contributed by atoms with Crippen LogP contribution in [0.4, 0.5) is 0 Å². The summed E-state index contributed by atoms with van der Waals surface area (Å²) in [6.45, 7) is 0. The Kier molecular flexibility index (Phi) is 7.49. The van der Waals surface area contributed by atoms with Crippen molar-refractivity contribution in [1.82, 2.24) is 0 Å². The molecule has 3 aromatic rings. The van der Waals surface area contributed by atoms with Crippen LogP contribution in [0, 0.1) is 0 Å². The molecule has 0 aliphatic carbocycles. The molecule has 0 amide bonds. The van der Waals surface area contributed by atoms with E-state index in [0.717, 1.165) is 32.1 Å². The van der Waals surface area contributed by atoms with Gasteiger partial charge in [-0.1, -0.05) is 60.7 Å². The molecule has 1 N–H and O–H groups in total. The monoisotopic (exact) mass is 440 g/mol. The molecular weight excluding hydrogens is 416 g/mol. The molecular formula is C24H25BrO3. The van der Waals surface area contributed by atoms with Crippen molar-refractivity contribution < 1.29 is 9.52 Å². The zero-order valence-electron chi connectivity index (χ0n) is 15.9. The molecule has 1 aromatic heterocycles. The SMILES string of the molecule is O=c1oc(CCCCc2ccccc2)c(Br)c(O)c1CCCc1ccccc1. The molecule has 4 heteroatoms. The van der Waals surface area contributed by atoms with E-state index < -0.39 is 5.63 Å². The fraction of sp³-hybridized carbons (Fsp3) is 0.292. The van der Waals surface area contributed by atoms with E-state index in [2.05, 4.69) is 40.2 Å². The molecule has 0 aliphatic heterocycles. The molecule has 0 aliphatic rings. The quantitative estimate of drug-likeness (QED) is 0.424. The van der Waals surface area contributed by atoms with Gasteiger partial charge in [-0.05, 0) is 65.6 Å². The van der Waals surface area contributed by atoms with E-state index >= 15 is 0 Å². The molecule has 2 aromatic carbocycles. The second-order valence-corrected chi connectivity index (χ2v) is 7.78. The van der Waals surface area contributed by atoms with E-state index in [4.69, 9.17) is 4.42 Å². The lowest BCUT2D eigenvalue weighted by Gasteiger charge is -2.09. The summed E-state index contributed by atoms with van der Waals surface area (Å²) in [6.07, 6.45) is 5.65. The fourth-order valence-electron chi connectivity index (χ4n) is 3.33. The Morgan fingerprint density at radius 2 is 1.29 bits per heavy atom. The second kappa shape index (κ2) is 10.3. The summed E-state index contributed by atoms with van der Waals surface area (Å²) in [5.41, 5.74) is 2.46. The minimum atomic E-state index is -0.424. The van der Waals surface area contributed by atoms with Crippen LogP contribution in [0.25, 0.3) is 0 Å². The summed E-state index contributed by atoms with van der Waals surface area (Å²) in [7, 11) is 0. The molecule has 0 saturated heterocycles. The van der Waals surface area contributed by atoms with Gasteiger partial charge in [0.1, 0.15) is 11.5 Å². The van der Waals surface area contributed by atoms with Crippen molar-refractivity contribution in [2.45, 2.75) is 44.9 Å². The molecule has 0 atom stereocenters. The van der Waals surface area contributed by atoms with Crippen molar-refractivity contribution in [3.8, 4) is 5.75 Å². The number of benzene rings is 2. The third-order valence-corrected chi connectivity index (χ3v) is 5.72. The number of unbranched alkanes of at least 4 members (excludes halogenated alkanes) is 1. The van der Waals surface area contributed by atoms with E-state index in [0.29, 0.717) is 28.6 Å². The van der Waals surface area contributed by atoms with Gasteiger partial charge in [-0.2, -0.15) is 0 Å². The molecule has 0 spiro atoms. The minimum absolute atomic E-state index is 0.0300. The standard InChI is InChI=1S/C24H25BrO3/c25-22-21(17-8-7-14-18-10-3-1-4-11-18)28-24(27)20(23(22)26)16-9-15-19-12-5-2-6-13-19/h1-6,10-13,26H,7-9,14-17H2. The predicted octanol–water partition coefficient (Wildman–Crippen LogP) is 5.85. The summed E-state index contributed by atoms with van der Waals surface area (Å²) in [5.74, 6) is 0.560. The Hall–Kier alpha value is -2.33. The predicted molar refractivity (Wildman–Crippen MR) is 116 cm³/mol. The third kappa shape index (κ3) is 5.59. The summed E-state index contributed by atoms with van der Waals surface area (Å²) in [4.78, 5) is 12.4. The molecule has 0 bridgehead atoms. The summed E-state index contributed by atoms with van der Waals surface area (Å²) < 4.78 is 6.03. The molecule has 0 saturated carbocycles. The first-order valence-electron chi connectivity index (χ1n) is 9.76. The van der Waals surface area contributed by atoms with Crippen LogP contribution in [0.5, 0.6) is 5.75 Å². The number of halogens is 1. The fourth-order valence-corrected chi connectivity index (χ4v) is 3.85. The molecule has 0 fully saturated rings. The maximum Gasteiger partial charge on any atom is 0.342 e. The van der Waals surface area contributed by atoms with Crippen LogP contribution in [0.15, 0.2) is 74.3 Å². The number of hydrogen-bond acceptors (Lipinski definition) is 3. The molecule has 0 unspecified atom stereocenters. The van der Waals surface area contributed by atoms with Crippen molar-refractivity contribution in [2.24, 2.45) is 0 Å². The summed E-state index contributed by atoms with van der Waals surface area (Å²) >= 11 is 3.42. The largest absolute Gasteiger partial charge is 0.506 e. The van der Waals surface area contributed by atoms with Gasteiger partial charge in [-0.25, -0.2) is 4.79 Å². The first-order chi connectivity index (χ1) is 13.6. The lowest BCUT2D eigenvalue weighted by atomic mass is 10.0. The summed E-state index contributed by atoms with van der Waals surface area (Å²) in [5, 5.41) is 10.5. The van der Waals surface area contributed by atoms with E-state index in [-0.39, 0.29) is 5.75 Å². The third-order valence-electron chi connectivity index (χ3n) is 4.90. The van der Waals surface area contributed by atoms with Crippen molar-refractivity contribution in [1.29, 1.82) is 0 Å². The average molecular weight is 441 g/mol. The van der Waals surface area contributed by atoms with E-state index in [1.807, 2.05) is 36.4 Å². The van der Waals surface area contributed by atoms with Crippen LogP contribution in [0.3, 0.4) is 0 Å². The topological polar surface area (TPSA) is 50.4 Å². The van der Waals surface area contributed by atoms with Gasteiger partial charge in [0.2, 0.25) is 0 Å². The number of aryl methyl sites for hydroxylation is 3. The maximum absolute atomic E-state index is 12.4. The van der Waals surface area contributed by atoms with Crippen molar-refractivity contribution >= 4 is 15.9 Å². The van der Waals surface area contributed by atoms with Gasteiger partial charge < -0.3 is 9.52 Å². The Labute approximate surface area is 174 Å². The lowest BCUT2D eigenvalue weighted by Crippen LogP contribution is -2.11. The van der Waals surface area contributed by atoms with Gasteiger partial charge >= 0.3 is 5.63 Å². The van der Waals surface area contributed by atoms with Gasteiger partial charge in [0.25, 0.3) is 0 Å². The summed E-state index contributed by atoms with van der Waals surface area (Å²) in [6, 6.07) is 20.5. The van der Waals surface area contributed by atoms with Crippen LogP contribution >= 0.6 is 15.9 Å². The Bertz CT molecular complexity index is 933. The van der Waals surface area contributed by atoms with Gasteiger partial charge in [-0.15, -0.1) is 0 Å². The van der Waals surface area contributed by atoms with E-state index in [9.17, 15) is 9.90 Å². The second-order valence-electron chi connectivity index (χ2n) is 6.99. The number of rotatable bonds is 9. The van der Waals surface area contributed by atoms with Crippen LogP contribution in [-0.2, 0) is 25.7 Å². The van der Waals surface area contributed by atoms with Crippen molar-refractivity contribution in [3.63, 3.8) is 0 Å². The first-order valence-corrected chi connectivity index (χ1v) is 10.6. The molecule has 28 heavy (non-hydrogen) atoms. The highest BCUT2D eigenvalue weighted by molar-refractivity contribution is 9.10. The van der Waals surface area contributed by atoms with Gasteiger partial charge in [0.15, 0.2) is 0 Å². The Morgan fingerprint density at radius 1 is 0.750 bits per heavy atom. The normalized spacial score (nSPS) is 10.9. The van der Waals surface area contributed by atoms with Gasteiger partial charge in [0.05, 0.1) is 10.0 Å². The van der Waals surface area contributed by atoms with Crippen LogP contribution in [0.2, 0.25) is 0 Å². The molecule has 1 heterocycles. The van der Waals surface area contributed by atoms with Crippen molar-refractivity contribution in [2.75, 3.05) is 0 Å². The maximum atomic E-state index is 12.4. The Balaban J connectivity index is 1.56. The number of hydrogen-bond donors (Lipinski definition) is 1. The minimum Gasteiger partial charge on any atom is -0.506 e. The zero-order chi connectivity index (χ0) is 19.8. The van der Waals surface area contributed by atoms with Gasteiger partial charge in [-0.3, -0.25) is 0 Å². The first kappa shape index (κ1) is 20.4. The molecule has 146 valence electrons. The highest BCUT2D eigenvalue weighted by Gasteiger charge is 2.17. The molecule has 3 nitrogen and oxygen atoms in total. The highest BCUT2D eigenvalue weighted by atomic mass is 79.9. The lowest BCUT2D eigenvalue weighted by molar-refractivity contribution is 0.401. The van der Waals surface area contributed by atoms with Crippen molar-refractivity contribution in [3.05, 3.63) is 98.0 Å². The van der Waals surface area contributed by atoms with Crippen LogP contribution in [0.1, 0.15) is 41.7 Å². The zero-order valence-corrected chi connectivity index (χ0v) is 17.5. The smallest absolute Gasteiger partial charge is 0.342 e. The molecule has 0 radical (unpaired) electrons. The average Bonchev–Trinajstić information content (AvgIpc) is 2.73.